The van der Waals surface area contributed by atoms with E-state index >= 15 is 0 Å². The van der Waals surface area contributed by atoms with Gasteiger partial charge in [-0.15, -0.1) is 0 Å². The number of benzene rings is 3. The Hall–Kier alpha value is -4.75. The Morgan fingerprint density at radius 3 is 2.55 bits per heavy atom. The standard InChI is InChI=1S/C34H32FN5O4/c35-27-17-21(18-36)5-8-29(27)39-14-12-38(13-15-39)28-9-6-23-16-22(4-7-24(23)28)20-44-31-3-1-2-25-26(31)19-40(34(25)43)30-10-11-32(41)37-33(30)42/h1-5,7-8,16-17,28,30H,6,9-15,19-20H2,(H,37,41,42)/t28-,30-/m0/s1. The minimum Gasteiger partial charge on any atom is -0.489 e. The van der Waals surface area contributed by atoms with Crippen LogP contribution in [0.1, 0.15) is 63.5 Å². The maximum absolute atomic E-state index is 14.6. The molecule has 0 saturated carbocycles. The van der Waals surface area contributed by atoms with Gasteiger partial charge in [-0.1, -0.05) is 24.3 Å². The molecule has 7 rings (SSSR count). The monoisotopic (exact) mass is 593 g/mol. The fourth-order valence-electron chi connectivity index (χ4n) is 7.08. The lowest BCUT2D eigenvalue weighted by Gasteiger charge is -2.39. The molecule has 2 atom stereocenters. The van der Waals surface area contributed by atoms with Gasteiger partial charge in [0.05, 0.1) is 23.9 Å². The maximum atomic E-state index is 14.6. The molecule has 3 aromatic rings. The van der Waals surface area contributed by atoms with Crippen molar-refractivity contribution in [3.63, 3.8) is 0 Å². The van der Waals surface area contributed by atoms with E-state index in [1.165, 1.54) is 22.1 Å². The number of hydrogen-bond donors (Lipinski definition) is 1. The van der Waals surface area contributed by atoms with Crippen molar-refractivity contribution in [3.05, 3.63) is 93.8 Å². The lowest BCUT2D eigenvalue weighted by molar-refractivity contribution is -0.136. The molecule has 0 bridgehead atoms. The molecule has 1 N–H and O–H groups in total. The summed E-state index contributed by atoms with van der Waals surface area (Å²) in [4.78, 5) is 43.2. The number of amides is 3. The van der Waals surface area contributed by atoms with Crippen molar-refractivity contribution >= 4 is 23.4 Å². The van der Waals surface area contributed by atoms with Gasteiger partial charge in [0, 0.05) is 49.8 Å². The molecule has 10 heteroatoms. The summed E-state index contributed by atoms with van der Waals surface area (Å²) >= 11 is 0. The number of imide groups is 1. The molecule has 0 unspecified atom stereocenters. The van der Waals surface area contributed by atoms with Gasteiger partial charge >= 0.3 is 0 Å². The van der Waals surface area contributed by atoms with E-state index in [-0.39, 0.29) is 30.6 Å². The molecule has 0 aromatic heterocycles. The summed E-state index contributed by atoms with van der Waals surface area (Å²) in [5.74, 6) is -0.674. The van der Waals surface area contributed by atoms with E-state index in [0.29, 0.717) is 41.6 Å². The number of anilines is 1. The van der Waals surface area contributed by atoms with Crippen LogP contribution in [0.25, 0.3) is 0 Å². The van der Waals surface area contributed by atoms with Crippen molar-refractivity contribution in [1.29, 1.82) is 5.26 Å². The number of halogens is 1. The lowest BCUT2D eigenvalue weighted by Crippen LogP contribution is -2.52. The largest absolute Gasteiger partial charge is 0.489 e. The molecule has 3 aromatic carbocycles. The zero-order chi connectivity index (χ0) is 30.4. The van der Waals surface area contributed by atoms with E-state index < -0.39 is 11.9 Å². The normalized spacial score (nSPS) is 21.6. The third-order valence-electron chi connectivity index (χ3n) is 9.36. The topological polar surface area (TPSA) is 106 Å². The van der Waals surface area contributed by atoms with Crippen LogP contribution in [0.2, 0.25) is 0 Å². The number of carbonyl (C=O) groups excluding carboxylic acids is 3. The second-order valence-corrected chi connectivity index (χ2v) is 11.9. The predicted octanol–water partition coefficient (Wildman–Crippen LogP) is 3.85. The van der Waals surface area contributed by atoms with Crippen molar-refractivity contribution in [3.8, 4) is 11.8 Å². The Morgan fingerprint density at radius 2 is 1.77 bits per heavy atom. The summed E-state index contributed by atoms with van der Waals surface area (Å²) in [5, 5.41) is 11.4. The Balaban J connectivity index is 0.985. The molecule has 3 aliphatic heterocycles. The van der Waals surface area contributed by atoms with Gasteiger partial charge in [-0.05, 0) is 66.3 Å². The first-order valence-electron chi connectivity index (χ1n) is 15.1. The molecule has 2 fully saturated rings. The number of rotatable bonds is 6. The minimum atomic E-state index is -0.662. The molecule has 0 spiro atoms. The smallest absolute Gasteiger partial charge is 0.255 e. The zero-order valence-corrected chi connectivity index (χ0v) is 24.2. The number of fused-ring (bicyclic) bond motifs is 2. The van der Waals surface area contributed by atoms with Crippen LogP contribution in [0.4, 0.5) is 10.1 Å². The van der Waals surface area contributed by atoms with Gasteiger partial charge in [0.2, 0.25) is 11.8 Å². The highest BCUT2D eigenvalue weighted by Crippen LogP contribution is 2.38. The van der Waals surface area contributed by atoms with Crippen LogP contribution >= 0.6 is 0 Å². The summed E-state index contributed by atoms with van der Waals surface area (Å²) in [6, 6.07) is 18.2. The Kier molecular flexibility index (Phi) is 7.26. The molecule has 9 nitrogen and oxygen atoms in total. The Bertz CT molecular complexity index is 1710. The lowest BCUT2D eigenvalue weighted by atomic mass is 10.0. The van der Waals surface area contributed by atoms with E-state index in [9.17, 15) is 18.8 Å². The van der Waals surface area contributed by atoms with Gasteiger partial charge < -0.3 is 14.5 Å². The molecule has 44 heavy (non-hydrogen) atoms. The van der Waals surface area contributed by atoms with Gasteiger partial charge in [0.25, 0.3) is 5.91 Å². The number of nitrogens with one attached hydrogen (secondary N) is 1. The fourth-order valence-corrected chi connectivity index (χ4v) is 7.08. The summed E-state index contributed by atoms with van der Waals surface area (Å²) < 4.78 is 20.8. The average Bonchev–Trinajstić information content (AvgIpc) is 3.61. The molecule has 224 valence electrons. The Morgan fingerprint density at radius 1 is 0.955 bits per heavy atom. The van der Waals surface area contributed by atoms with Crippen LogP contribution in [-0.2, 0) is 29.2 Å². The van der Waals surface area contributed by atoms with Gasteiger partial charge in [0.15, 0.2) is 0 Å². The van der Waals surface area contributed by atoms with Crippen molar-refractivity contribution in [1.82, 2.24) is 15.1 Å². The second-order valence-electron chi connectivity index (χ2n) is 11.9. The summed E-state index contributed by atoms with van der Waals surface area (Å²) in [7, 11) is 0. The van der Waals surface area contributed by atoms with Crippen molar-refractivity contribution in [2.75, 3.05) is 31.1 Å². The van der Waals surface area contributed by atoms with Gasteiger partial charge in [-0.3, -0.25) is 24.6 Å². The quantitative estimate of drug-likeness (QED) is 0.433. The maximum Gasteiger partial charge on any atom is 0.255 e. The van der Waals surface area contributed by atoms with Crippen LogP contribution < -0.4 is 15.0 Å². The van der Waals surface area contributed by atoms with Crippen LogP contribution in [0, 0.1) is 17.1 Å². The number of nitrogens with zero attached hydrogens (tertiary/aromatic N) is 4. The first-order valence-corrected chi connectivity index (χ1v) is 15.1. The molecule has 0 radical (unpaired) electrons. The summed E-state index contributed by atoms with van der Waals surface area (Å²) in [5.41, 5.74) is 5.88. The van der Waals surface area contributed by atoms with Crippen molar-refractivity contribution < 1.29 is 23.5 Å². The third kappa shape index (κ3) is 5.07. The van der Waals surface area contributed by atoms with E-state index in [0.717, 1.165) is 50.1 Å². The molecule has 2 saturated heterocycles. The minimum absolute atomic E-state index is 0.216. The molecule has 3 amide bonds. The number of ether oxygens (including phenoxy) is 1. The van der Waals surface area contributed by atoms with Crippen molar-refractivity contribution in [2.24, 2.45) is 0 Å². The highest BCUT2D eigenvalue weighted by molar-refractivity contribution is 6.05. The van der Waals surface area contributed by atoms with Gasteiger partial charge in [-0.2, -0.15) is 5.26 Å². The SMILES string of the molecule is N#Cc1ccc(N2CCN([C@H]3CCc4cc(COc5cccc6c5CN([C@H]5CCC(=O)NC5=O)C6=O)ccc43)CC2)c(F)c1. The van der Waals surface area contributed by atoms with E-state index in [1.807, 2.05) is 12.1 Å². The summed E-state index contributed by atoms with van der Waals surface area (Å²) in [6.45, 7) is 3.75. The van der Waals surface area contributed by atoms with Crippen molar-refractivity contribution in [2.45, 2.75) is 50.9 Å². The molecular weight excluding hydrogens is 561 g/mol. The molecule has 1 aliphatic carbocycles. The Labute approximate surface area is 254 Å². The summed E-state index contributed by atoms with van der Waals surface area (Å²) in [6.07, 6.45) is 2.56. The fraction of sp³-hybridized carbons (Fsp3) is 0.353. The van der Waals surface area contributed by atoms with E-state index in [2.05, 4.69) is 33.3 Å². The number of piperazine rings is 1. The molecule has 3 heterocycles. The van der Waals surface area contributed by atoms with E-state index in [4.69, 9.17) is 10.00 Å². The molecule has 4 aliphatic rings. The highest BCUT2D eigenvalue weighted by atomic mass is 19.1. The van der Waals surface area contributed by atoms with Crippen LogP contribution in [0.5, 0.6) is 5.75 Å². The van der Waals surface area contributed by atoms with E-state index in [1.54, 1.807) is 24.3 Å². The number of carbonyl (C=O) groups is 3. The third-order valence-corrected chi connectivity index (χ3v) is 9.36. The number of nitriles is 1. The number of piperidine rings is 1. The van der Waals surface area contributed by atoms with Crippen LogP contribution in [-0.4, -0.2) is 59.7 Å². The van der Waals surface area contributed by atoms with Crippen LogP contribution in [0.3, 0.4) is 0 Å². The second kappa shape index (κ2) is 11.4. The first kappa shape index (κ1) is 28.0. The highest BCUT2D eigenvalue weighted by Gasteiger charge is 2.40. The van der Waals surface area contributed by atoms with Gasteiger partial charge in [-0.25, -0.2) is 4.39 Å². The average molecular weight is 594 g/mol. The molecular formula is C34H32FN5O4. The number of hydrogen-bond acceptors (Lipinski definition) is 7. The predicted molar refractivity (Wildman–Crippen MR) is 159 cm³/mol. The first-order chi connectivity index (χ1) is 21.4. The van der Waals surface area contributed by atoms with Gasteiger partial charge in [0.1, 0.15) is 24.2 Å². The zero-order valence-electron chi connectivity index (χ0n) is 24.2. The number of aryl methyl sites for hydroxylation is 1. The van der Waals surface area contributed by atoms with Crippen LogP contribution in [0.15, 0.2) is 54.6 Å².